The zero-order valence-electron chi connectivity index (χ0n) is 13.6. The first kappa shape index (κ1) is 17.4. The van der Waals surface area contributed by atoms with E-state index in [0.29, 0.717) is 11.8 Å². The molecule has 6 heteroatoms. The van der Waals surface area contributed by atoms with Gasteiger partial charge in [-0.2, -0.15) is 0 Å². The molecule has 3 rings (SSSR count). The van der Waals surface area contributed by atoms with E-state index in [1.807, 2.05) is 23.5 Å². The van der Waals surface area contributed by atoms with E-state index in [4.69, 9.17) is 18.9 Å². The van der Waals surface area contributed by atoms with Gasteiger partial charge >= 0.3 is 0 Å². The molecule has 0 spiro atoms. The van der Waals surface area contributed by atoms with E-state index >= 15 is 0 Å². The predicted octanol–water partition coefficient (Wildman–Crippen LogP) is 3.00. The molecule has 0 amide bonds. The van der Waals surface area contributed by atoms with Gasteiger partial charge in [-0.15, -0.1) is 23.5 Å². The van der Waals surface area contributed by atoms with Crippen LogP contribution in [0.5, 0.6) is 0 Å². The molecule has 0 aromatic rings. The van der Waals surface area contributed by atoms with Gasteiger partial charge in [-0.25, -0.2) is 0 Å². The van der Waals surface area contributed by atoms with Crippen LogP contribution in [0.2, 0.25) is 0 Å². The van der Waals surface area contributed by atoms with Crippen LogP contribution < -0.4 is 0 Å². The molecule has 6 atom stereocenters. The summed E-state index contributed by atoms with van der Waals surface area (Å²) >= 11 is 3.84. The molecule has 3 aliphatic heterocycles. The summed E-state index contributed by atoms with van der Waals surface area (Å²) in [4.78, 5) is 0. The molecule has 0 saturated carbocycles. The molecule has 0 aromatic carbocycles. The van der Waals surface area contributed by atoms with E-state index in [2.05, 4.69) is 13.8 Å². The molecule has 0 bridgehead atoms. The van der Waals surface area contributed by atoms with Crippen molar-refractivity contribution >= 4 is 23.5 Å². The largest absolute Gasteiger partial charge is 0.373 e. The van der Waals surface area contributed by atoms with E-state index < -0.39 is 0 Å². The van der Waals surface area contributed by atoms with Crippen molar-refractivity contribution in [1.82, 2.24) is 0 Å². The van der Waals surface area contributed by atoms with Crippen LogP contribution in [0.3, 0.4) is 0 Å². The Morgan fingerprint density at radius 2 is 1.55 bits per heavy atom. The minimum atomic E-state index is 0.212. The highest BCUT2D eigenvalue weighted by molar-refractivity contribution is 8.03. The van der Waals surface area contributed by atoms with Crippen molar-refractivity contribution in [2.75, 3.05) is 37.9 Å². The van der Waals surface area contributed by atoms with Gasteiger partial charge in [0, 0.05) is 11.5 Å². The highest BCUT2D eigenvalue weighted by Crippen LogP contribution is 2.36. The van der Waals surface area contributed by atoms with E-state index in [1.54, 1.807) is 0 Å². The Balaban J connectivity index is 1.32. The number of hydrogen-bond acceptors (Lipinski definition) is 6. The normalized spacial score (nSPS) is 43.9. The zero-order chi connectivity index (χ0) is 15.4. The Bertz CT molecular complexity index is 320. The molecule has 0 aliphatic carbocycles. The summed E-state index contributed by atoms with van der Waals surface area (Å²) in [6, 6.07) is 0. The average molecular weight is 349 g/mol. The summed E-state index contributed by atoms with van der Waals surface area (Å²) in [5, 5.41) is 0. The third-order valence-electron chi connectivity index (χ3n) is 4.33. The average Bonchev–Trinajstić information content (AvgIpc) is 2.56. The smallest absolute Gasteiger partial charge is 0.138 e. The highest BCUT2D eigenvalue weighted by Gasteiger charge is 2.33. The lowest BCUT2D eigenvalue weighted by atomic mass is 10.0. The Kier molecular flexibility index (Phi) is 6.77. The maximum atomic E-state index is 6.07. The van der Waals surface area contributed by atoms with Gasteiger partial charge in [-0.3, -0.25) is 0 Å². The molecule has 128 valence electrons. The second-order valence-corrected chi connectivity index (χ2v) is 8.98. The molecule has 3 saturated heterocycles. The van der Waals surface area contributed by atoms with Crippen molar-refractivity contribution in [3.05, 3.63) is 0 Å². The first-order valence-corrected chi connectivity index (χ1v) is 10.5. The van der Waals surface area contributed by atoms with Crippen LogP contribution in [0.25, 0.3) is 0 Å². The summed E-state index contributed by atoms with van der Waals surface area (Å²) in [6.45, 7) is 7.52. The number of hydrogen-bond donors (Lipinski definition) is 0. The number of rotatable bonds is 4. The van der Waals surface area contributed by atoms with Crippen molar-refractivity contribution in [3.63, 3.8) is 0 Å². The number of ether oxygens (including phenoxy) is 4. The summed E-state index contributed by atoms with van der Waals surface area (Å²) in [6.07, 6.45) is 2.77. The van der Waals surface area contributed by atoms with Crippen molar-refractivity contribution in [1.29, 1.82) is 0 Å². The van der Waals surface area contributed by atoms with Crippen LogP contribution in [0.1, 0.15) is 26.7 Å². The second kappa shape index (κ2) is 8.58. The molecular formula is C16H28O4S2. The maximum absolute atomic E-state index is 6.07. The topological polar surface area (TPSA) is 36.9 Å². The van der Waals surface area contributed by atoms with E-state index in [9.17, 15) is 0 Å². The lowest BCUT2D eigenvalue weighted by molar-refractivity contribution is -0.130. The van der Waals surface area contributed by atoms with Gasteiger partial charge < -0.3 is 18.9 Å². The molecule has 4 nitrogen and oxygen atoms in total. The first-order valence-electron chi connectivity index (χ1n) is 8.40. The van der Waals surface area contributed by atoms with Gasteiger partial charge in [0.2, 0.25) is 0 Å². The third-order valence-corrected chi connectivity index (χ3v) is 7.36. The first-order chi connectivity index (χ1) is 10.7. The summed E-state index contributed by atoms with van der Waals surface area (Å²) in [5.41, 5.74) is 0.433. The van der Waals surface area contributed by atoms with Crippen molar-refractivity contribution in [3.8, 4) is 0 Å². The fourth-order valence-corrected chi connectivity index (χ4v) is 5.51. The second-order valence-electron chi connectivity index (χ2n) is 6.72. The fraction of sp³-hybridized carbons (Fsp3) is 1.00. The molecule has 6 unspecified atom stereocenters. The summed E-state index contributed by atoms with van der Waals surface area (Å²) < 4.78 is 23.4. The quantitative estimate of drug-likeness (QED) is 0.777. The molecule has 3 heterocycles. The fourth-order valence-electron chi connectivity index (χ4n) is 2.88. The summed E-state index contributed by atoms with van der Waals surface area (Å²) in [7, 11) is 0. The lowest BCUT2D eigenvalue weighted by Crippen LogP contribution is -2.38. The monoisotopic (exact) mass is 348 g/mol. The minimum Gasteiger partial charge on any atom is -0.373 e. The Hall–Kier alpha value is 0.540. The van der Waals surface area contributed by atoms with Crippen LogP contribution in [0, 0.1) is 11.8 Å². The highest BCUT2D eigenvalue weighted by atomic mass is 32.2. The predicted molar refractivity (Wildman–Crippen MR) is 91.4 cm³/mol. The summed E-state index contributed by atoms with van der Waals surface area (Å²) in [5.74, 6) is 3.66. The van der Waals surface area contributed by atoms with Gasteiger partial charge in [0.05, 0.1) is 38.6 Å². The molecule has 0 radical (unpaired) electrons. The Morgan fingerprint density at radius 1 is 0.773 bits per heavy atom. The molecule has 3 fully saturated rings. The van der Waals surface area contributed by atoms with Gasteiger partial charge in [0.1, 0.15) is 10.9 Å². The van der Waals surface area contributed by atoms with Crippen molar-refractivity contribution in [2.45, 2.75) is 49.8 Å². The Morgan fingerprint density at radius 3 is 2.14 bits per heavy atom. The van der Waals surface area contributed by atoms with Gasteiger partial charge in [-0.1, -0.05) is 6.92 Å². The van der Waals surface area contributed by atoms with E-state index in [0.717, 1.165) is 39.3 Å². The molecular weight excluding hydrogens is 320 g/mol. The van der Waals surface area contributed by atoms with Gasteiger partial charge in [0.15, 0.2) is 0 Å². The SMILES string of the molecule is CC1COC(C2OCC(CCC3COC(C)CO3)CS2)SC1. The Labute approximate surface area is 142 Å². The molecule has 22 heavy (non-hydrogen) atoms. The molecule has 0 N–H and O–H groups in total. The molecule has 0 aromatic heterocycles. The lowest BCUT2D eigenvalue weighted by Gasteiger charge is -2.36. The van der Waals surface area contributed by atoms with Crippen LogP contribution in [0.4, 0.5) is 0 Å². The minimum absolute atomic E-state index is 0.212. The van der Waals surface area contributed by atoms with Crippen LogP contribution >= 0.6 is 23.5 Å². The molecule has 3 aliphatic rings. The number of thioether (sulfide) groups is 2. The van der Waals surface area contributed by atoms with Crippen LogP contribution in [0.15, 0.2) is 0 Å². The third kappa shape index (κ3) is 5.02. The van der Waals surface area contributed by atoms with Crippen molar-refractivity contribution in [2.24, 2.45) is 11.8 Å². The van der Waals surface area contributed by atoms with Crippen molar-refractivity contribution < 1.29 is 18.9 Å². The maximum Gasteiger partial charge on any atom is 0.138 e. The van der Waals surface area contributed by atoms with Gasteiger partial charge in [0.25, 0.3) is 0 Å². The van der Waals surface area contributed by atoms with E-state index in [-0.39, 0.29) is 23.1 Å². The van der Waals surface area contributed by atoms with Crippen LogP contribution in [-0.4, -0.2) is 61.0 Å². The van der Waals surface area contributed by atoms with E-state index in [1.165, 1.54) is 11.5 Å². The van der Waals surface area contributed by atoms with Gasteiger partial charge in [-0.05, 0) is 31.6 Å². The zero-order valence-corrected chi connectivity index (χ0v) is 15.2. The standard InChI is InChI=1S/C16H28O4S2/c1-11-5-19-15(21-9-11)16-20-7-13(10-22-16)3-4-14-8-17-12(2)6-18-14/h11-16H,3-10H2,1-2H3. The van der Waals surface area contributed by atoms with Crippen LogP contribution in [-0.2, 0) is 18.9 Å².